The highest BCUT2D eigenvalue weighted by atomic mass is 32.3. The molecule has 0 atom stereocenters. The normalized spacial score (nSPS) is 18.6. The molecule has 1 saturated heterocycles. The van der Waals surface area contributed by atoms with Crippen molar-refractivity contribution in [3.8, 4) is 0 Å². The minimum absolute atomic E-state index is 0.151. The van der Waals surface area contributed by atoms with Crippen molar-refractivity contribution in [3.05, 3.63) is 71.5 Å². The second kappa shape index (κ2) is 6.93. The molecule has 2 heterocycles. The van der Waals surface area contributed by atoms with Crippen LogP contribution in [-0.4, -0.2) is 30.3 Å². The molecule has 0 aliphatic carbocycles. The second-order valence-electron chi connectivity index (χ2n) is 5.60. The Kier molecular flexibility index (Phi) is 5.00. The lowest BCUT2D eigenvalue weighted by molar-refractivity contribution is -0.123. The molecule has 1 aromatic carbocycles. The van der Waals surface area contributed by atoms with Gasteiger partial charge in [-0.1, -0.05) is 48.3 Å². The van der Waals surface area contributed by atoms with Crippen LogP contribution in [0.1, 0.15) is 5.76 Å². The number of rotatable bonds is 5. The van der Waals surface area contributed by atoms with Gasteiger partial charge in [0.1, 0.15) is 5.76 Å². The van der Waals surface area contributed by atoms with Gasteiger partial charge in [0, 0.05) is 6.26 Å². The number of allylic oxidation sites excluding steroid dienone is 2. The van der Waals surface area contributed by atoms with Crippen LogP contribution >= 0.6 is 24.0 Å². The highest BCUT2D eigenvalue weighted by molar-refractivity contribution is 8.26. The first kappa shape index (κ1) is 18.7. The van der Waals surface area contributed by atoms with Crippen LogP contribution in [-0.2, 0) is 14.3 Å². The zero-order chi connectivity index (χ0) is 18.8. The van der Waals surface area contributed by atoms with E-state index in [2.05, 4.69) is 4.83 Å². The van der Waals surface area contributed by atoms with Gasteiger partial charge in [-0.25, -0.2) is 5.01 Å². The Labute approximate surface area is 160 Å². The molecule has 0 radical (unpaired) electrons. The van der Waals surface area contributed by atoms with E-state index in [1.54, 1.807) is 54.8 Å². The van der Waals surface area contributed by atoms with Crippen molar-refractivity contribution in [1.82, 2.24) is 9.84 Å². The first-order chi connectivity index (χ1) is 12.2. The van der Waals surface area contributed by atoms with Crippen molar-refractivity contribution in [2.75, 3.05) is 6.26 Å². The maximum absolute atomic E-state index is 13.0. The van der Waals surface area contributed by atoms with Crippen molar-refractivity contribution in [3.63, 3.8) is 0 Å². The molecule has 136 valence electrons. The molecule has 3 rings (SSSR count). The number of nitrogens with zero attached hydrogens (tertiary/aromatic N) is 1. The molecule has 2 N–H and O–H groups in total. The first-order valence-corrected chi connectivity index (χ1v) is 11.0. The van der Waals surface area contributed by atoms with Crippen LogP contribution in [0, 0.1) is 0 Å². The maximum Gasteiger partial charge on any atom is 0.282 e. The maximum atomic E-state index is 13.0. The van der Waals surface area contributed by atoms with Gasteiger partial charge in [-0.3, -0.25) is 9.35 Å². The van der Waals surface area contributed by atoms with E-state index in [4.69, 9.17) is 16.6 Å². The number of hydrogen-bond acceptors (Lipinski definition) is 5. The molecule has 0 spiro atoms. The number of carbonyl (C=O) groups excluding carboxylic acids is 1. The highest BCUT2D eigenvalue weighted by Gasteiger charge is 2.37. The molecule has 1 aliphatic rings. The van der Waals surface area contributed by atoms with Gasteiger partial charge in [0.15, 0.2) is 4.32 Å². The molecule has 26 heavy (non-hydrogen) atoms. The molecule has 1 aromatic heterocycles. The number of benzene rings is 1. The van der Waals surface area contributed by atoms with E-state index < -0.39 is 15.4 Å². The number of thioether (sulfide) groups is 1. The van der Waals surface area contributed by atoms with Crippen molar-refractivity contribution >= 4 is 49.8 Å². The molecule has 1 amide bonds. The summed E-state index contributed by atoms with van der Waals surface area (Å²) in [4.78, 5) is 15.5. The van der Waals surface area contributed by atoms with E-state index >= 15 is 0 Å². The predicted octanol–water partition coefficient (Wildman–Crippen LogP) is 3.44. The number of hydrazine groups is 1. The van der Waals surface area contributed by atoms with Gasteiger partial charge in [0.2, 0.25) is 0 Å². The third-order valence-corrected chi connectivity index (χ3v) is 6.77. The van der Waals surface area contributed by atoms with Gasteiger partial charge >= 0.3 is 0 Å². The summed E-state index contributed by atoms with van der Waals surface area (Å²) < 4.78 is 29.0. The number of thiocarbonyl (C=S) groups is 1. The summed E-state index contributed by atoms with van der Waals surface area (Å²) in [5.41, 5.74) is 0. The zero-order valence-corrected chi connectivity index (χ0v) is 16.1. The highest BCUT2D eigenvalue weighted by Crippen LogP contribution is 2.33. The molecule has 0 bridgehead atoms. The second-order valence-corrected chi connectivity index (χ2v) is 10.5. The van der Waals surface area contributed by atoms with Crippen LogP contribution in [0.4, 0.5) is 0 Å². The summed E-state index contributed by atoms with van der Waals surface area (Å²) in [5, 5.41) is 0.939. The van der Waals surface area contributed by atoms with E-state index in [-0.39, 0.29) is 9.22 Å². The molecule has 9 heteroatoms. The fraction of sp³-hybridized carbons (Fsp3) is 0.0588. The van der Waals surface area contributed by atoms with Crippen molar-refractivity contribution < 1.29 is 18.0 Å². The fourth-order valence-electron chi connectivity index (χ4n) is 2.19. The molecule has 1 aliphatic heterocycles. The number of hydrogen-bond donors (Lipinski definition) is 2. The third kappa shape index (κ3) is 4.02. The molecule has 1 fully saturated rings. The van der Waals surface area contributed by atoms with Gasteiger partial charge in [-0.05, 0) is 36.4 Å². The Balaban J connectivity index is 1.80. The van der Waals surface area contributed by atoms with Crippen LogP contribution in [0.15, 0.2) is 75.1 Å². The topological polar surface area (TPSA) is 82.8 Å². The SMILES string of the molecule is CS(=O)(O)(NN1C(=O)/C(=C\C=C\c2ccco2)SC1=S)c1ccccc1. The number of carbonyl (C=O) groups is 1. The number of furan rings is 1. The Hall–Kier alpha value is -2.04. The van der Waals surface area contributed by atoms with Gasteiger partial charge < -0.3 is 4.42 Å². The lowest BCUT2D eigenvalue weighted by Crippen LogP contribution is -2.56. The minimum atomic E-state index is -4.49. The zero-order valence-electron chi connectivity index (χ0n) is 13.7. The summed E-state index contributed by atoms with van der Waals surface area (Å²) in [6.07, 6.45) is 7.62. The molecular weight excluding hydrogens is 392 g/mol. The summed E-state index contributed by atoms with van der Waals surface area (Å²) in [6, 6.07) is 11.6. The Morgan fingerprint density at radius 1 is 1.27 bits per heavy atom. The Morgan fingerprint density at radius 2 is 2.00 bits per heavy atom. The third-order valence-electron chi connectivity index (χ3n) is 3.45. The van der Waals surface area contributed by atoms with Crippen molar-refractivity contribution in [2.24, 2.45) is 0 Å². The Morgan fingerprint density at radius 3 is 2.65 bits per heavy atom. The summed E-state index contributed by atoms with van der Waals surface area (Å²) in [6.45, 7) is 0. The van der Waals surface area contributed by atoms with E-state index in [9.17, 15) is 13.6 Å². The van der Waals surface area contributed by atoms with Crippen LogP contribution in [0.5, 0.6) is 0 Å². The monoisotopic (exact) mass is 408 g/mol. The van der Waals surface area contributed by atoms with Crippen LogP contribution in [0.3, 0.4) is 0 Å². The number of nitrogens with one attached hydrogen (secondary N) is 1. The number of amides is 1. The molecule has 0 saturated carbocycles. The van der Waals surface area contributed by atoms with Gasteiger partial charge in [0.25, 0.3) is 5.91 Å². The van der Waals surface area contributed by atoms with Gasteiger partial charge in [0.05, 0.1) is 16.1 Å². The van der Waals surface area contributed by atoms with Crippen LogP contribution in [0.2, 0.25) is 0 Å². The summed E-state index contributed by atoms with van der Waals surface area (Å²) in [5.74, 6) is 0.154. The largest absolute Gasteiger partial charge is 0.465 e. The van der Waals surface area contributed by atoms with Gasteiger partial charge in [-0.15, -0.1) is 14.4 Å². The van der Waals surface area contributed by atoms with Crippen molar-refractivity contribution in [2.45, 2.75) is 4.90 Å². The standard InChI is InChI=1S/C17H16N2O4S3/c1-26(21,22,14-9-3-2-4-10-14)18-19-16(20)15(25-17(19)24)11-5-7-13-8-6-12-23-13/h2-12H,1H3,(H2,18,21,22)/b7-5+,15-11+. The van der Waals surface area contributed by atoms with Crippen LogP contribution < -0.4 is 4.83 Å². The van der Waals surface area contributed by atoms with Gasteiger partial charge in [-0.2, -0.15) is 4.21 Å². The molecule has 6 nitrogen and oxygen atoms in total. The first-order valence-electron chi connectivity index (χ1n) is 7.45. The average molecular weight is 409 g/mol. The Bertz CT molecular complexity index is 959. The predicted molar refractivity (Wildman–Crippen MR) is 107 cm³/mol. The smallest absolute Gasteiger partial charge is 0.282 e. The lowest BCUT2D eigenvalue weighted by atomic mass is 10.3. The van der Waals surface area contributed by atoms with E-state index in [0.717, 1.165) is 23.0 Å². The van der Waals surface area contributed by atoms with E-state index in [0.29, 0.717) is 10.7 Å². The summed E-state index contributed by atoms with van der Waals surface area (Å²) in [7, 11) is -4.49. The quantitative estimate of drug-likeness (QED) is 0.583. The van der Waals surface area contributed by atoms with Crippen LogP contribution in [0.25, 0.3) is 6.08 Å². The molecule has 0 unspecified atom stereocenters. The fourth-order valence-corrected chi connectivity index (χ4v) is 4.94. The average Bonchev–Trinajstić information content (AvgIpc) is 3.20. The lowest BCUT2D eigenvalue weighted by Gasteiger charge is -2.42. The molecule has 2 aromatic rings. The molecular formula is C17H16N2O4S3. The van der Waals surface area contributed by atoms with E-state index in [1.807, 2.05) is 0 Å². The minimum Gasteiger partial charge on any atom is -0.465 e. The summed E-state index contributed by atoms with van der Waals surface area (Å²) >= 11 is 6.23. The van der Waals surface area contributed by atoms with E-state index in [1.165, 1.54) is 12.1 Å². The van der Waals surface area contributed by atoms with Crippen molar-refractivity contribution in [1.29, 1.82) is 0 Å².